The second-order valence-corrected chi connectivity index (χ2v) is 3.79. The number of halogens is 2. The number of hydrogen-bond acceptors (Lipinski definition) is 2. The fourth-order valence-corrected chi connectivity index (χ4v) is 1.35. The van der Waals surface area contributed by atoms with Crippen molar-refractivity contribution in [1.82, 2.24) is 5.32 Å². The van der Waals surface area contributed by atoms with E-state index in [0.29, 0.717) is 0 Å². The number of benzene rings is 1. The average Bonchev–Trinajstić information content (AvgIpc) is 2.24. The molecule has 0 heterocycles. The molecule has 1 aromatic rings. The summed E-state index contributed by atoms with van der Waals surface area (Å²) in [5.74, 6) is -2.62. The van der Waals surface area contributed by atoms with Gasteiger partial charge < -0.3 is 5.32 Å². The van der Waals surface area contributed by atoms with Crippen molar-refractivity contribution in [3.05, 3.63) is 34.9 Å². The fraction of sp³-hybridized carbons (Fsp3) is 0.333. The zero-order valence-electron chi connectivity index (χ0n) is 9.55. The smallest absolute Gasteiger partial charge is 0.257 e. The highest BCUT2D eigenvalue weighted by atomic mass is 19.1. The van der Waals surface area contributed by atoms with Gasteiger partial charge in [-0.25, -0.2) is 8.78 Å². The Morgan fingerprint density at radius 3 is 2.76 bits per heavy atom. The molecular formula is C12H12F2N2O. The molecule has 0 saturated carbocycles. The Labute approximate surface area is 98.1 Å². The maximum absolute atomic E-state index is 13.6. The molecule has 0 fully saturated rings. The van der Waals surface area contributed by atoms with Gasteiger partial charge in [0.25, 0.3) is 5.91 Å². The van der Waals surface area contributed by atoms with E-state index in [1.807, 2.05) is 6.07 Å². The Morgan fingerprint density at radius 2 is 2.18 bits per heavy atom. The van der Waals surface area contributed by atoms with Crippen LogP contribution in [0.3, 0.4) is 0 Å². The lowest BCUT2D eigenvalue weighted by Gasteiger charge is -2.12. The molecule has 1 N–H and O–H groups in total. The third kappa shape index (κ3) is 3.00. The molecule has 0 aromatic heterocycles. The van der Waals surface area contributed by atoms with Crippen LogP contribution in [0.1, 0.15) is 29.3 Å². The molecule has 0 aliphatic rings. The molecule has 0 saturated heterocycles. The molecule has 1 atom stereocenters. The number of nitriles is 1. The first-order valence-electron chi connectivity index (χ1n) is 5.09. The zero-order chi connectivity index (χ0) is 13.0. The van der Waals surface area contributed by atoms with Crippen LogP contribution in [-0.4, -0.2) is 11.9 Å². The van der Waals surface area contributed by atoms with E-state index in [2.05, 4.69) is 5.32 Å². The third-order valence-electron chi connectivity index (χ3n) is 2.29. The molecule has 5 heteroatoms. The minimum Gasteiger partial charge on any atom is -0.348 e. The minimum atomic E-state index is -0.908. The van der Waals surface area contributed by atoms with Crippen LogP contribution in [0.5, 0.6) is 0 Å². The summed E-state index contributed by atoms with van der Waals surface area (Å²) in [6.07, 6.45) is 0.0841. The summed E-state index contributed by atoms with van der Waals surface area (Å²) in [5.41, 5.74) is -0.403. The van der Waals surface area contributed by atoms with E-state index in [4.69, 9.17) is 5.26 Å². The van der Waals surface area contributed by atoms with Crippen LogP contribution < -0.4 is 5.32 Å². The second-order valence-electron chi connectivity index (χ2n) is 3.79. The molecule has 3 nitrogen and oxygen atoms in total. The SMILES string of the molecule is Cc1ccc(F)c(C(=O)NC(C)CC#N)c1F. The highest BCUT2D eigenvalue weighted by Crippen LogP contribution is 2.16. The van der Waals surface area contributed by atoms with Gasteiger partial charge in [-0.1, -0.05) is 6.07 Å². The molecule has 0 spiro atoms. The molecule has 1 unspecified atom stereocenters. The first-order chi connectivity index (χ1) is 7.97. The minimum absolute atomic E-state index is 0.0841. The van der Waals surface area contributed by atoms with Crippen LogP contribution >= 0.6 is 0 Å². The Balaban J connectivity index is 2.97. The van der Waals surface area contributed by atoms with Gasteiger partial charge in [0, 0.05) is 6.04 Å². The lowest BCUT2D eigenvalue weighted by atomic mass is 10.1. The van der Waals surface area contributed by atoms with Gasteiger partial charge in [0.1, 0.15) is 17.2 Å². The Bertz CT molecular complexity index is 480. The first-order valence-corrected chi connectivity index (χ1v) is 5.09. The number of nitrogens with one attached hydrogen (secondary N) is 1. The molecule has 0 bridgehead atoms. The summed E-state index contributed by atoms with van der Waals surface area (Å²) in [5, 5.41) is 10.8. The maximum atomic E-state index is 13.6. The number of hydrogen-bond donors (Lipinski definition) is 1. The topological polar surface area (TPSA) is 52.9 Å². The highest BCUT2D eigenvalue weighted by Gasteiger charge is 2.20. The summed E-state index contributed by atoms with van der Waals surface area (Å²) in [6.45, 7) is 3.04. The number of carbonyl (C=O) groups excluding carboxylic acids is 1. The van der Waals surface area contributed by atoms with E-state index >= 15 is 0 Å². The number of carbonyl (C=O) groups is 1. The quantitative estimate of drug-likeness (QED) is 0.878. The van der Waals surface area contributed by atoms with E-state index in [0.717, 1.165) is 6.07 Å². The summed E-state index contributed by atoms with van der Waals surface area (Å²) in [6, 6.07) is 3.72. The first kappa shape index (κ1) is 13.1. The van der Waals surface area contributed by atoms with Crippen LogP contribution in [-0.2, 0) is 0 Å². The number of amides is 1. The molecule has 17 heavy (non-hydrogen) atoms. The van der Waals surface area contributed by atoms with E-state index in [1.54, 1.807) is 6.92 Å². The van der Waals surface area contributed by atoms with Crippen molar-refractivity contribution in [2.75, 3.05) is 0 Å². The van der Waals surface area contributed by atoms with Crippen molar-refractivity contribution in [1.29, 1.82) is 5.26 Å². The van der Waals surface area contributed by atoms with Gasteiger partial charge in [0.2, 0.25) is 0 Å². The highest BCUT2D eigenvalue weighted by molar-refractivity contribution is 5.95. The molecule has 1 amide bonds. The summed E-state index contributed by atoms with van der Waals surface area (Å²) < 4.78 is 26.9. The predicted octanol–water partition coefficient (Wildman–Crippen LogP) is 2.31. The van der Waals surface area contributed by atoms with E-state index < -0.39 is 29.1 Å². The van der Waals surface area contributed by atoms with Gasteiger partial charge in [-0.15, -0.1) is 0 Å². The number of aryl methyl sites for hydroxylation is 1. The molecule has 1 aromatic carbocycles. The van der Waals surface area contributed by atoms with Crippen molar-refractivity contribution in [2.45, 2.75) is 26.3 Å². The van der Waals surface area contributed by atoms with Crippen LogP contribution in [0, 0.1) is 29.9 Å². The summed E-state index contributed by atoms with van der Waals surface area (Å²) in [7, 11) is 0. The number of nitrogens with zero attached hydrogens (tertiary/aromatic N) is 1. The normalized spacial score (nSPS) is 11.7. The molecule has 0 radical (unpaired) electrons. The molecule has 0 aliphatic carbocycles. The summed E-state index contributed by atoms with van der Waals surface area (Å²) >= 11 is 0. The van der Waals surface area contributed by atoms with Gasteiger partial charge in [-0.2, -0.15) is 5.26 Å². The van der Waals surface area contributed by atoms with Crippen LogP contribution in [0.25, 0.3) is 0 Å². The van der Waals surface area contributed by atoms with Crippen molar-refractivity contribution < 1.29 is 13.6 Å². The van der Waals surface area contributed by atoms with Gasteiger partial charge in [0.05, 0.1) is 12.5 Å². The van der Waals surface area contributed by atoms with Crippen molar-refractivity contribution in [2.24, 2.45) is 0 Å². The molecule has 1 rings (SSSR count). The van der Waals surface area contributed by atoms with Crippen LogP contribution in [0.4, 0.5) is 8.78 Å². The number of rotatable bonds is 3. The van der Waals surface area contributed by atoms with Gasteiger partial charge >= 0.3 is 0 Å². The third-order valence-corrected chi connectivity index (χ3v) is 2.29. The molecule has 0 aliphatic heterocycles. The van der Waals surface area contributed by atoms with E-state index in [9.17, 15) is 13.6 Å². The van der Waals surface area contributed by atoms with Crippen molar-refractivity contribution in [3.63, 3.8) is 0 Å². The van der Waals surface area contributed by atoms with E-state index in [1.165, 1.54) is 13.0 Å². The Kier molecular flexibility index (Phi) is 4.16. The average molecular weight is 238 g/mol. The van der Waals surface area contributed by atoms with Gasteiger partial charge in [-0.3, -0.25) is 4.79 Å². The van der Waals surface area contributed by atoms with E-state index in [-0.39, 0.29) is 12.0 Å². The monoisotopic (exact) mass is 238 g/mol. The van der Waals surface area contributed by atoms with Crippen LogP contribution in [0.15, 0.2) is 12.1 Å². The lowest BCUT2D eigenvalue weighted by molar-refractivity contribution is 0.0932. The summed E-state index contributed by atoms with van der Waals surface area (Å²) in [4.78, 5) is 11.6. The predicted molar refractivity (Wildman–Crippen MR) is 58.3 cm³/mol. The Morgan fingerprint density at radius 1 is 1.53 bits per heavy atom. The van der Waals surface area contributed by atoms with Crippen LogP contribution in [0.2, 0.25) is 0 Å². The second kappa shape index (κ2) is 5.39. The van der Waals surface area contributed by atoms with Crippen molar-refractivity contribution >= 4 is 5.91 Å². The largest absolute Gasteiger partial charge is 0.348 e. The fourth-order valence-electron chi connectivity index (χ4n) is 1.35. The van der Waals surface area contributed by atoms with Gasteiger partial charge in [0.15, 0.2) is 0 Å². The standard InChI is InChI=1S/C12H12F2N2O/c1-7-3-4-9(13)10(11(7)14)12(17)16-8(2)5-6-15/h3-4,8H,5H2,1-2H3,(H,16,17). The van der Waals surface area contributed by atoms with Gasteiger partial charge in [-0.05, 0) is 25.5 Å². The maximum Gasteiger partial charge on any atom is 0.257 e. The van der Waals surface area contributed by atoms with Crippen molar-refractivity contribution in [3.8, 4) is 6.07 Å². The molecule has 90 valence electrons. The molecular weight excluding hydrogens is 226 g/mol. The lowest BCUT2D eigenvalue weighted by Crippen LogP contribution is -2.33. The zero-order valence-corrected chi connectivity index (χ0v) is 9.55. The Hall–Kier alpha value is -1.96.